The molecule has 2 aliphatic rings. The molecule has 0 radical (unpaired) electrons. The summed E-state index contributed by atoms with van der Waals surface area (Å²) in [4.78, 5) is 24.1. The van der Waals surface area contributed by atoms with Crippen LogP contribution in [0.4, 0.5) is 14.9 Å². The molecule has 1 aliphatic heterocycles. The third-order valence-corrected chi connectivity index (χ3v) is 6.19. The number of halogens is 1. The fourth-order valence-corrected chi connectivity index (χ4v) is 4.06. The Morgan fingerprint density at radius 2 is 2.14 bits per heavy atom. The van der Waals surface area contributed by atoms with E-state index >= 15 is 0 Å². The van der Waals surface area contributed by atoms with Crippen molar-refractivity contribution in [3.8, 4) is 0 Å². The Morgan fingerprint density at radius 1 is 1.34 bits per heavy atom. The van der Waals surface area contributed by atoms with Gasteiger partial charge in [-0.1, -0.05) is 24.4 Å². The number of imide groups is 1. The number of nitrogens with zero attached hydrogens (tertiary/aromatic N) is 2. The Bertz CT molecular complexity index is 732. The smallest absolute Gasteiger partial charge is 0.315 e. The fourth-order valence-electron chi connectivity index (χ4n) is 3.21. The molecule has 29 heavy (non-hydrogen) atoms. The summed E-state index contributed by atoms with van der Waals surface area (Å²) in [6.07, 6.45) is 5.02. The zero-order chi connectivity index (χ0) is 20.8. The van der Waals surface area contributed by atoms with Gasteiger partial charge in [-0.2, -0.15) is 0 Å². The number of hydrogen-bond donors (Lipinski definition) is 3. The third-order valence-electron chi connectivity index (χ3n) is 5.18. The maximum absolute atomic E-state index is 14.1. The topological polar surface area (TPSA) is 84.9 Å². The van der Waals surface area contributed by atoms with Crippen molar-refractivity contribution in [3.05, 3.63) is 29.6 Å². The number of rotatable bonds is 12. The van der Waals surface area contributed by atoms with Crippen LogP contribution in [0.5, 0.6) is 0 Å². The SMILES string of the molecule is CC(NSCCCCCN1CC(=O)NC1=O)c1ccc(F)c(N(O)CC2CC2)c1. The van der Waals surface area contributed by atoms with Gasteiger partial charge in [-0.15, -0.1) is 0 Å². The number of carbonyl (C=O) groups excluding carboxylic acids is 2. The second kappa shape index (κ2) is 10.3. The maximum Gasteiger partial charge on any atom is 0.324 e. The number of anilines is 1. The molecule has 1 aromatic carbocycles. The largest absolute Gasteiger partial charge is 0.324 e. The van der Waals surface area contributed by atoms with Crippen molar-refractivity contribution < 1.29 is 19.2 Å². The summed E-state index contributed by atoms with van der Waals surface area (Å²) < 4.78 is 17.4. The minimum absolute atomic E-state index is 0.0213. The third kappa shape index (κ3) is 6.58. The quantitative estimate of drug-likeness (QED) is 0.206. The van der Waals surface area contributed by atoms with Crippen molar-refractivity contribution in [1.82, 2.24) is 14.9 Å². The van der Waals surface area contributed by atoms with Crippen LogP contribution in [0.2, 0.25) is 0 Å². The van der Waals surface area contributed by atoms with Crippen molar-refractivity contribution in [2.24, 2.45) is 5.92 Å². The molecule has 1 aromatic rings. The number of nitrogens with one attached hydrogen (secondary N) is 2. The average Bonchev–Trinajstić information content (AvgIpc) is 3.43. The number of urea groups is 1. The fraction of sp³-hybridized carbons (Fsp3) is 0.600. The lowest BCUT2D eigenvalue weighted by molar-refractivity contribution is -0.118. The van der Waals surface area contributed by atoms with E-state index in [0.717, 1.165) is 48.5 Å². The molecule has 1 saturated heterocycles. The van der Waals surface area contributed by atoms with Gasteiger partial charge in [0.1, 0.15) is 12.4 Å². The Morgan fingerprint density at radius 3 is 2.83 bits per heavy atom. The Hall–Kier alpha value is -1.84. The molecular weight excluding hydrogens is 395 g/mol. The van der Waals surface area contributed by atoms with E-state index in [9.17, 15) is 19.2 Å². The standard InChI is InChI=1S/C20H29FN4O3S/c1-14(16-7-8-17(21)18(11-16)25(28)12-15-5-6-15)23-29-10-4-2-3-9-24-13-19(26)22-20(24)27/h7-8,11,14-15,23,28H,2-6,9-10,12-13H2,1H3,(H,22,26,27). The lowest BCUT2D eigenvalue weighted by Crippen LogP contribution is -2.29. The molecule has 3 N–H and O–H groups in total. The molecule has 160 valence electrons. The molecular formula is C20H29FN4O3S. The molecule has 0 bridgehead atoms. The van der Waals surface area contributed by atoms with Gasteiger partial charge in [0.05, 0.1) is 5.69 Å². The highest BCUT2D eigenvalue weighted by molar-refractivity contribution is 7.97. The summed E-state index contributed by atoms with van der Waals surface area (Å²) in [5.41, 5.74) is 1.16. The van der Waals surface area contributed by atoms with Gasteiger partial charge in [0.15, 0.2) is 0 Å². The molecule has 1 atom stereocenters. The van der Waals surface area contributed by atoms with E-state index in [2.05, 4.69) is 10.0 Å². The van der Waals surface area contributed by atoms with E-state index < -0.39 is 5.82 Å². The van der Waals surface area contributed by atoms with Gasteiger partial charge in [0.2, 0.25) is 5.91 Å². The average molecular weight is 425 g/mol. The first-order valence-corrected chi connectivity index (χ1v) is 11.1. The van der Waals surface area contributed by atoms with Gasteiger partial charge < -0.3 is 4.90 Å². The van der Waals surface area contributed by atoms with E-state index in [-0.39, 0.29) is 30.2 Å². The predicted molar refractivity (Wildman–Crippen MR) is 111 cm³/mol. The maximum atomic E-state index is 14.1. The molecule has 7 nitrogen and oxygen atoms in total. The summed E-state index contributed by atoms with van der Waals surface area (Å²) in [7, 11) is 0. The number of unbranched alkanes of at least 4 members (excludes halogenated alkanes) is 2. The molecule has 9 heteroatoms. The summed E-state index contributed by atoms with van der Waals surface area (Å²) in [5.74, 6) is 0.737. The molecule has 3 rings (SSSR count). The van der Waals surface area contributed by atoms with E-state index in [1.165, 1.54) is 11.0 Å². The number of carbonyl (C=O) groups is 2. The highest BCUT2D eigenvalue weighted by Crippen LogP contribution is 2.32. The molecule has 3 amide bonds. The number of hydrogen-bond acceptors (Lipinski definition) is 6. The summed E-state index contributed by atoms with van der Waals surface area (Å²) >= 11 is 1.61. The van der Waals surface area contributed by atoms with E-state index in [4.69, 9.17) is 0 Å². The Kier molecular flexibility index (Phi) is 7.74. The van der Waals surface area contributed by atoms with Gasteiger partial charge in [-0.05, 0) is 56.2 Å². The number of benzene rings is 1. The van der Waals surface area contributed by atoms with Crippen molar-refractivity contribution in [3.63, 3.8) is 0 Å². The van der Waals surface area contributed by atoms with Crippen LogP contribution in [0.15, 0.2) is 18.2 Å². The molecule has 0 aromatic heterocycles. The predicted octanol–water partition coefficient (Wildman–Crippen LogP) is 3.45. The van der Waals surface area contributed by atoms with Gasteiger partial charge in [-0.25, -0.2) is 9.18 Å². The van der Waals surface area contributed by atoms with E-state index in [1.807, 2.05) is 6.92 Å². The van der Waals surface area contributed by atoms with E-state index in [1.54, 1.807) is 24.1 Å². The number of hydroxylamine groups is 1. The summed E-state index contributed by atoms with van der Waals surface area (Å²) in [5, 5.41) is 13.5. The Labute approximate surface area is 175 Å². The van der Waals surface area contributed by atoms with Crippen molar-refractivity contribution in [2.45, 2.75) is 45.1 Å². The normalized spacial score (nSPS) is 17.6. The van der Waals surface area contributed by atoms with Crippen molar-refractivity contribution in [1.29, 1.82) is 0 Å². The van der Waals surface area contributed by atoms with Crippen LogP contribution in [0.1, 0.15) is 50.6 Å². The first-order valence-electron chi connectivity index (χ1n) is 10.2. The van der Waals surface area contributed by atoms with Crippen LogP contribution in [0, 0.1) is 11.7 Å². The zero-order valence-corrected chi connectivity index (χ0v) is 17.5. The van der Waals surface area contributed by atoms with Crippen LogP contribution in [-0.2, 0) is 4.79 Å². The van der Waals surface area contributed by atoms with Gasteiger partial charge >= 0.3 is 6.03 Å². The molecule has 2 fully saturated rings. The first-order chi connectivity index (χ1) is 13.9. The van der Waals surface area contributed by atoms with Crippen LogP contribution in [-0.4, -0.2) is 47.4 Å². The minimum atomic E-state index is -0.412. The van der Waals surface area contributed by atoms with Crippen LogP contribution >= 0.6 is 11.9 Å². The molecule has 1 aliphatic carbocycles. The van der Waals surface area contributed by atoms with Crippen molar-refractivity contribution in [2.75, 3.05) is 30.5 Å². The van der Waals surface area contributed by atoms with Crippen molar-refractivity contribution >= 4 is 29.6 Å². The monoisotopic (exact) mass is 424 g/mol. The van der Waals surface area contributed by atoms with Crippen LogP contribution in [0.25, 0.3) is 0 Å². The van der Waals surface area contributed by atoms with Gasteiger partial charge in [0, 0.05) is 24.9 Å². The lowest BCUT2D eigenvalue weighted by Gasteiger charge is -2.20. The minimum Gasteiger partial charge on any atom is -0.315 e. The van der Waals surface area contributed by atoms with Crippen LogP contribution < -0.4 is 15.1 Å². The second-order valence-corrected chi connectivity index (χ2v) is 8.69. The summed E-state index contributed by atoms with van der Waals surface area (Å²) in [6.45, 7) is 3.25. The molecule has 1 unspecified atom stereocenters. The summed E-state index contributed by atoms with van der Waals surface area (Å²) in [6, 6.07) is 4.58. The van der Waals surface area contributed by atoms with E-state index in [0.29, 0.717) is 19.0 Å². The highest BCUT2D eigenvalue weighted by Gasteiger charge is 2.26. The zero-order valence-electron chi connectivity index (χ0n) is 16.7. The van der Waals surface area contributed by atoms with Gasteiger partial charge in [-0.3, -0.25) is 25.1 Å². The first kappa shape index (κ1) is 21.9. The molecule has 1 saturated carbocycles. The lowest BCUT2D eigenvalue weighted by atomic mass is 10.1. The highest BCUT2D eigenvalue weighted by atomic mass is 32.2. The Balaban J connectivity index is 1.33. The molecule has 0 spiro atoms. The number of amides is 3. The van der Waals surface area contributed by atoms with Gasteiger partial charge in [0.25, 0.3) is 0 Å². The molecule has 1 heterocycles. The van der Waals surface area contributed by atoms with Crippen LogP contribution in [0.3, 0.4) is 0 Å². The second-order valence-electron chi connectivity index (χ2n) is 7.76.